The minimum Gasteiger partial charge on any atom is -0.324 e. The van der Waals surface area contributed by atoms with Gasteiger partial charge >= 0.3 is 0 Å². The lowest BCUT2D eigenvalue weighted by atomic mass is 9.91. The molecule has 1 aliphatic heterocycles. The maximum absolute atomic E-state index is 6.39. The highest BCUT2D eigenvalue weighted by atomic mass is 32.2. The van der Waals surface area contributed by atoms with Crippen molar-refractivity contribution in [2.45, 2.75) is 32.7 Å². The molecule has 0 bridgehead atoms. The molecule has 94 valence electrons. The van der Waals surface area contributed by atoms with Crippen LogP contribution in [0.25, 0.3) is 0 Å². The molecule has 0 radical (unpaired) electrons. The molecule has 2 N–H and O–H groups in total. The van der Waals surface area contributed by atoms with Crippen molar-refractivity contribution in [1.29, 1.82) is 0 Å². The van der Waals surface area contributed by atoms with Gasteiger partial charge in [0.15, 0.2) is 0 Å². The van der Waals surface area contributed by atoms with Gasteiger partial charge in [0.25, 0.3) is 0 Å². The van der Waals surface area contributed by atoms with E-state index in [2.05, 4.69) is 38.1 Å². The summed E-state index contributed by atoms with van der Waals surface area (Å²) in [4.78, 5) is 0. The summed E-state index contributed by atoms with van der Waals surface area (Å²) >= 11 is 2.04. The highest BCUT2D eigenvalue weighted by molar-refractivity contribution is 7.99. The first-order chi connectivity index (χ1) is 8.16. The lowest BCUT2D eigenvalue weighted by Crippen LogP contribution is -2.21. The first kappa shape index (κ1) is 13.0. The molecule has 1 nitrogen and oxygen atoms in total. The van der Waals surface area contributed by atoms with Crippen LogP contribution in [0.4, 0.5) is 0 Å². The zero-order valence-electron chi connectivity index (χ0n) is 10.9. The molecule has 0 saturated carbocycles. The molecule has 1 aromatic rings. The summed E-state index contributed by atoms with van der Waals surface area (Å²) in [5.74, 6) is 3.90. The van der Waals surface area contributed by atoms with Crippen molar-refractivity contribution in [3.05, 3.63) is 35.4 Å². The Labute approximate surface area is 109 Å². The lowest BCUT2D eigenvalue weighted by Gasteiger charge is -2.19. The molecule has 0 aliphatic carbocycles. The summed E-state index contributed by atoms with van der Waals surface area (Å²) in [5, 5.41) is 0. The van der Waals surface area contributed by atoms with Crippen LogP contribution in [0.1, 0.15) is 37.4 Å². The Morgan fingerprint density at radius 2 is 2.24 bits per heavy atom. The molecule has 1 heterocycles. The van der Waals surface area contributed by atoms with Gasteiger partial charge in [0.2, 0.25) is 0 Å². The van der Waals surface area contributed by atoms with Gasteiger partial charge in [-0.25, -0.2) is 0 Å². The second-order valence-corrected chi connectivity index (χ2v) is 6.64. The van der Waals surface area contributed by atoms with Crippen molar-refractivity contribution < 1.29 is 0 Å². The van der Waals surface area contributed by atoms with Gasteiger partial charge in [-0.15, -0.1) is 0 Å². The first-order valence-corrected chi connectivity index (χ1v) is 7.74. The maximum atomic E-state index is 6.39. The van der Waals surface area contributed by atoms with Gasteiger partial charge in [0, 0.05) is 6.04 Å². The standard InChI is InChI=1S/C15H23NS/c1-11(2)8-12-4-3-5-13(9-12)15(16)14-6-7-17-10-14/h3-5,9,11,14-15H,6-8,10,16H2,1-2H3. The second kappa shape index (κ2) is 5.92. The number of hydrogen-bond donors (Lipinski definition) is 1. The molecule has 1 saturated heterocycles. The number of benzene rings is 1. The van der Waals surface area contributed by atoms with Crippen molar-refractivity contribution >= 4 is 11.8 Å². The fourth-order valence-electron chi connectivity index (χ4n) is 2.51. The molecule has 0 amide bonds. The smallest absolute Gasteiger partial charge is 0.0331 e. The minimum atomic E-state index is 0.233. The molecular formula is C15H23NS. The molecule has 1 fully saturated rings. The van der Waals surface area contributed by atoms with Crippen LogP contribution < -0.4 is 5.73 Å². The predicted molar refractivity (Wildman–Crippen MR) is 77.3 cm³/mol. The molecular weight excluding hydrogens is 226 g/mol. The van der Waals surface area contributed by atoms with Crippen LogP contribution in [0.2, 0.25) is 0 Å². The van der Waals surface area contributed by atoms with Gasteiger partial charge < -0.3 is 5.73 Å². The lowest BCUT2D eigenvalue weighted by molar-refractivity contribution is 0.481. The van der Waals surface area contributed by atoms with Crippen molar-refractivity contribution in [1.82, 2.24) is 0 Å². The Balaban J connectivity index is 2.09. The molecule has 2 heteroatoms. The van der Waals surface area contributed by atoms with Crippen molar-refractivity contribution in [2.24, 2.45) is 17.6 Å². The molecule has 1 aliphatic rings. The zero-order valence-corrected chi connectivity index (χ0v) is 11.7. The summed E-state index contributed by atoms with van der Waals surface area (Å²) in [7, 11) is 0. The van der Waals surface area contributed by atoms with E-state index in [1.165, 1.54) is 29.1 Å². The number of thioether (sulfide) groups is 1. The van der Waals surface area contributed by atoms with Gasteiger partial charge in [-0.1, -0.05) is 38.1 Å². The third kappa shape index (κ3) is 3.49. The molecule has 2 rings (SSSR count). The van der Waals surface area contributed by atoms with Crippen LogP contribution in [0, 0.1) is 11.8 Å². The van der Waals surface area contributed by atoms with Crippen molar-refractivity contribution in [2.75, 3.05) is 11.5 Å². The Kier molecular flexibility index (Phi) is 4.52. The molecule has 2 unspecified atom stereocenters. The summed E-state index contributed by atoms with van der Waals surface area (Å²) in [6, 6.07) is 9.12. The first-order valence-electron chi connectivity index (χ1n) is 6.59. The normalized spacial score (nSPS) is 22.0. The van der Waals surface area contributed by atoms with E-state index in [9.17, 15) is 0 Å². The van der Waals surface area contributed by atoms with E-state index in [1.807, 2.05) is 11.8 Å². The second-order valence-electron chi connectivity index (χ2n) is 5.49. The average molecular weight is 249 g/mol. The van der Waals surface area contributed by atoms with E-state index >= 15 is 0 Å². The third-order valence-electron chi connectivity index (χ3n) is 3.45. The minimum absolute atomic E-state index is 0.233. The summed E-state index contributed by atoms with van der Waals surface area (Å²) < 4.78 is 0. The monoisotopic (exact) mass is 249 g/mol. The Bertz CT molecular complexity index is 356. The predicted octanol–water partition coefficient (Wildman–Crippen LogP) is 3.64. The highest BCUT2D eigenvalue weighted by Gasteiger charge is 2.23. The third-order valence-corrected chi connectivity index (χ3v) is 4.64. The topological polar surface area (TPSA) is 26.0 Å². The highest BCUT2D eigenvalue weighted by Crippen LogP contribution is 2.32. The largest absolute Gasteiger partial charge is 0.324 e. The van der Waals surface area contributed by atoms with Gasteiger partial charge in [-0.05, 0) is 47.3 Å². The van der Waals surface area contributed by atoms with E-state index in [0.717, 1.165) is 6.42 Å². The van der Waals surface area contributed by atoms with Crippen LogP contribution in [0.3, 0.4) is 0 Å². The van der Waals surface area contributed by atoms with Crippen LogP contribution in [0.5, 0.6) is 0 Å². The van der Waals surface area contributed by atoms with Gasteiger partial charge in [-0.3, -0.25) is 0 Å². The molecule has 2 atom stereocenters. The van der Waals surface area contributed by atoms with Crippen LogP contribution in [-0.2, 0) is 6.42 Å². The van der Waals surface area contributed by atoms with Crippen LogP contribution in [-0.4, -0.2) is 11.5 Å². The average Bonchev–Trinajstić information content (AvgIpc) is 2.81. The SMILES string of the molecule is CC(C)Cc1cccc(C(N)C2CCSC2)c1. The summed E-state index contributed by atoms with van der Waals surface area (Å²) in [6.07, 6.45) is 2.43. The number of nitrogens with two attached hydrogens (primary N) is 1. The molecule has 1 aromatic carbocycles. The van der Waals surface area contributed by atoms with Gasteiger partial charge in [0.1, 0.15) is 0 Å². The van der Waals surface area contributed by atoms with E-state index in [-0.39, 0.29) is 6.04 Å². The fourth-order valence-corrected chi connectivity index (χ4v) is 3.82. The van der Waals surface area contributed by atoms with E-state index in [4.69, 9.17) is 5.73 Å². The maximum Gasteiger partial charge on any atom is 0.0331 e. The van der Waals surface area contributed by atoms with Gasteiger partial charge in [0.05, 0.1) is 0 Å². The summed E-state index contributed by atoms with van der Waals surface area (Å²) in [5.41, 5.74) is 9.15. The zero-order chi connectivity index (χ0) is 12.3. The quantitative estimate of drug-likeness (QED) is 0.881. The Morgan fingerprint density at radius 3 is 2.88 bits per heavy atom. The molecule has 17 heavy (non-hydrogen) atoms. The molecule has 0 spiro atoms. The Hall–Kier alpha value is -0.470. The van der Waals surface area contributed by atoms with E-state index in [0.29, 0.717) is 11.8 Å². The van der Waals surface area contributed by atoms with Crippen LogP contribution in [0.15, 0.2) is 24.3 Å². The summed E-state index contributed by atoms with van der Waals surface area (Å²) in [6.45, 7) is 4.53. The molecule has 0 aromatic heterocycles. The van der Waals surface area contributed by atoms with Crippen molar-refractivity contribution in [3.63, 3.8) is 0 Å². The van der Waals surface area contributed by atoms with Crippen molar-refractivity contribution in [3.8, 4) is 0 Å². The van der Waals surface area contributed by atoms with Gasteiger partial charge in [-0.2, -0.15) is 11.8 Å². The van der Waals surface area contributed by atoms with E-state index < -0.39 is 0 Å². The van der Waals surface area contributed by atoms with Crippen LogP contribution >= 0.6 is 11.8 Å². The fraction of sp³-hybridized carbons (Fsp3) is 0.600. The number of hydrogen-bond acceptors (Lipinski definition) is 2. The number of rotatable bonds is 4. The van der Waals surface area contributed by atoms with E-state index in [1.54, 1.807) is 0 Å². The Morgan fingerprint density at radius 1 is 1.41 bits per heavy atom.